The number of aromatic nitrogens is 5. The van der Waals surface area contributed by atoms with Crippen LogP contribution in [0.4, 0.5) is 0 Å². The average molecular weight is 449 g/mol. The number of aliphatic hydroxyl groups excluding tert-OH is 1. The second-order valence-electron chi connectivity index (χ2n) is 6.96. The van der Waals surface area contributed by atoms with E-state index in [4.69, 9.17) is 0 Å². The number of aryl methyl sites for hydroxylation is 2. The van der Waals surface area contributed by atoms with Crippen LogP contribution in [0.3, 0.4) is 0 Å². The zero-order valence-corrected chi connectivity index (χ0v) is 17.6. The van der Waals surface area contributed by atoms with Gasteiger partial charge in [0.05, 0.1) is 4.90 Å². The van der Waals surface area contributed by atoms with Crippen LogP contribution in [0.2, 0.25) is 0 Å². The Morgan fingerprint density at radius 3 is 2.34 bits per heavy atom. The molecule has 2 heterocycles. The minimum atomic E-state index is -3.88. The van der Waals surface area contributed by atoms with Crippen LogP contribution in [0, 0.1) is 0 Å². The predicted molar refractivity (Wildman–Crippen MR) is 116 cm³/mol. The molecule has 4 rings (SSSR count). The number of aliphatic hydroxyl groups is 1. The van der Waals surface area contributed by atoms with Gasteiger partial charge in [0.15, 0.2) is 0 Å². The first-order valence-corrected chi connectivity index (χ1v) is 11.1. The molecule has 2 aromatic heterocycles. The summed E-state index contributed by atoms with van der Waals surface area (Å²) in [6, 6.07) is 17.7. The van der Waals surface area contributed by atoms with Gasteiger partial charge in [-0.3, -0.25) is 4.79 Å². The Balaban J connectivity index is 1.72. The summed E-state index contributed by atoms with van der Waals surface area (Å²) in [4.78, 5) is 12.4. The standard InChI is InChI=1S/C22H19N5O4S/c28-20(13-21(29)22-23-25-26-24-22)19-15-27(32(30,31)18-9-5-2-6-10-18)14-17(19)12-11-16-7-3-1-4-8-16/h1-10,13-15,28H,11-12H2,(H,23,24,25,26)/b20-13+. The van der Waals surface area contributed by atoms with Crippen molar-refractivity contribution in [1.82, 2.24) is 24.6 Å². The molecule has 9 nitrogen and oxygen atoms in total. The van der Waals surface area contributed by atoms with Gasteiger partial charge in [0.2, 0.25) is 11.6 Å². The van der Waals surface area contributed by atoms with Crippen LogP contribution in [0.1, 0.15) is 27.3 Å². The van der Waals surface area contributed by atoms with E-state index in [1.807, 2.05) is 30.3 Å². The van der Waals surface area contributed by atoms with Gasteiger partial charge in [-0.15, -0.1) is 10.2 Å². The molecule has 0 unspecified atom stereocenters. The van der Waals surface area contributed by atoms with Crippen LogP contribution < -0.4 is 0 Å². The number of H-pyrrole nitrogens is 1. The number of nitrogens with zero attached hydrogens (tertiary/aromatic N) is 4. The van der Waals surface area contributed by atoms with Crippen molar-refractivity contribution in [3.8, 4) is 0 Å². The summed E-state index contributed by atoms with van der Waals surface area (Å²) < 4.78 is 27.2. The predicted octanol–water partition coefficient (Wildman–Crippen LogP) is 2.81. The van der Waals surface area contributed by atoms with Crippen LogP contribution >= 0.6 is 0 Å². The van der Waals surface area contributed by atoms with Gasteiger partial charge in [0.25, 0.3) is 10.0 Å². The van der Waals surface area contributed by atoms with E-state index in [9.17, 15) is 18.3 Å². The van der Waals surface area contributed by atoms with Crippen molar-refractivity contribution in [2.75, 3.05) is 0 Å². The Morgan fingerprint density at radius 2 is 1.69 bits per heavy atom. The van der Waals surface area contributed by atoms with E-state index >= 15 is 0 Å². The van der Waals surface area contributed by atoms with E-state index in [0.717, 1.165) is 15.6 Å². The largest absolute Gasteiger partial charge is 0.507 e. The summed E-state index contributed by atoms with van der Waals surface area (Å²) in [6.45, 7) is 0. The lowest BCUT2D eigenvalue weighted by atomic mass is 10.0. The van der Waals surface area contributed by atoms with E-state index in [1.54, 1.807) is 18.2 Å². The van der Waals surface area contributed by atoms with Crippen molar-refractivity contribution in [2.45, 2.75) is 17.7 Å². The maximum Gasteiger partial charge on any atom is 0.267 e. The lowest BCUT2D eigenvalue weighted by molar-refractivity contribution is 0.103. The van der Waals surface area contributed by atoms with E-state index in [1.165, 1.54) is 24.5 Å². The van der Waals surface area contributed by atoms with Crippen molar-refractivity contribution >= 4 is 21.6 Å². The zero-order chi connectivity index (χ0) is 22.6. The molecule has 0 aliphatic carbocycles. The molecule has 162 valence electrons. The Labute approximate surface area is 184 Å². The SMILES string of the molecule is O=C(/C=C(/O)c1cn(S(=O)(=O)c2ccccc2)cc1CCc1ccccc1)c1nn[nH]n1. The van der Waals surface area contributed by atoms with Crippen LogP contribution in [-0.4, -0.2) is 43.9 Å². The molecule has 0 atom stereocenters. The molecular formula is C22H19N5O4S. The number of ketones is 1. The zero-order valence-electron chi connectivity index (χ0n) is 16.8. The molecule has 10 heteroatoms. The minimum absolute atomic E-state index is 0.113. The monoisotopic (exact) mass is 449 g/mol. The van der Waals surface area contributed by atoms with E-state index in [0.29, 0.717) is 18.4 Å². The van der Waals surface area contributed by atoms with Gasteiger partial charge >= 0.3 is 0 Å². The summed E-state index contributed by atoms with van der Waals surface area (Å²) in [6.07, 6.45) is 4.79. The maximum absolute atomic E-state index is 13.1. The highest BCUT2D eigenvalue weighted by Gasteiger charge is 2.21. The number of carbonyl (C=O) groups is 1. The summed E-state index contributed by atoms with van der Waals surface area (Å²) in [5, 5.41) is 23.3. The number of benzene rings is 2. The molecule has 0 saturated heterocycles. The Bertz CT molecular complexity index is 1350. The number of allylic oxidation sites excluding steroid dienone is 1. The van der Waals surface area contributed by atoms with Crippen molar-refractivity contribution in [2.24, 2.45) is 0 Å². The van der Waals surface area contributed by atoms with Crippen LogP contribution in [0.15, 0.2) is 84.0 Å². The minimum Gasteiger partial charge on any atom is -0.507 e. The van der Waals surface area contributed by atoms with Crippen LogP contribution in [0.25, 0.3) is 5.76 Å². The summed E-state index contributed by atoms with van der Waals surface area (Å²) in [5.41, 5.74) is 1.86. The molecule has 2 N–H and O–H groups in total. The van der Waals surface area contributed by atoms with E-state index in [2.05, 4.69) is 20.6 Å². The van der Waals surface area contributed by atoms with E-state index < -0.39 is 15.8 Å². The smallest absolute Gasteiger partial charge is 0.267 e. The molecule has 0 aliphatic rings. The molecule has 0 aliphatic heterocycles. The number of carbonyl (C=O) groups excluding carboxylic acids is 1. The first-order valence-electron chi connectivity index (χ1n) is 9.69. The number of aromatic amines is 1. The number of rotatable bonds is 8. The highest BCUT2D eigenvalue weighted by Crippen LogP contribution is 2.24. The third-order valence-electron chi connectivity index (χ3n) is 4.84. The van der Waals surface area contributed by atoms with Gasteiger partial charge < -0.3 is 5.11 Å². The lowest BCUT2D eigenvalue weighted by Gasteiger charge is -2.05. The number of tetrazole rings is 1. The maximum atomic E-state index is 13.1. The summed E-state index contributed by atoms with van der Waals surface area (Å²) >= 11 is 0. The molecule has 32 heavy (non-hydrogen) atoms. The molecular weight excluding hydrogens is 430 g/mol. The third kappa shape index (κ3) is 4.49. The second kappa shape index (κ2) is 8.98. The summed E-state index contributed by atoms with van der Waals surface area (Å²) in [5.74, 6) is -1.26. The first-order chi connectivity index (χ1) is 15.4. The van der Waals surface area contributed by atoms with Crippen molar-refractivity contribution < 1.29 is 18.3 Å². The quantitative estimate of drug-likeness (QED) is 0.240. The van der Waals surface area contributed by atoms with Gasteiger partial charge in [-0.25, -0.2) is 12.4 Å². The van der Waals surface area contributed by atoms with Crippen molar-refractivity contribution in [1.29, 1.82) is 0 Å². The molecule has 4 aromatic rings. The first kappa shape index (κ1) is 21.2. The normalized spacial score (nSPS) is 12.1. The fourth-order valence-corrected chi connectivity index (χ4v) is 4.46. The molecule has 0 saturated carbocycles. The highest BCUT2D eigenvalue weighted by molar-refractivity contribution is 7.90. The third-order valence-corrected chi connectivity index (χ3v) is 6.47. The van der Waals surface area contributed by atoms with Crippen LogP contribution in [-0.2, 0) is 22.9 Å². The Kier molecular flexibility index (Phi) is 5.95. The molecule has 2 aromatic carbocycles. The topological polar surface area (TPSA) is 131 Å². The highest BCUT2D eigenvalue weighted by atomic mass is 32.2. The molecule has 0 spiro atoms. The van der Waals surface area contributed by atoms with Crippen molar-refractivity contribution in [3.63, 3.8) is 0 Å². The Hall–Kier alpha value is -4.05. The number of hydrogen-bond acceptors (Lipinski definition) is 7. The number of nitrogens with one attached hydrogen (secondary N) is 1. The molecule has 0 radical (unpaired) electrons. The van der Waals surface area contributed by atoms with Gasteiger partial charge in [0, 0.05) is 24.0 Å². The van der Waals surface area contributed by atoms with Gasteiger partial charge in [-0.1, -0.05) is 48.5 Å². The molecule has 0 amide bonds. The lowest BCUT2D eigenvalue weighted by Crippen LogP contribution is -2.10. The van der Waals surface area contributed by atoms with Gasteiger partial charge in [-0.2, -0.15) is 5.21 Å². The average Bonchev–Trinajstić information content (AvgIpc) is 3.50. The van der Waals surface area contributed by atoms with Crippen LogP contribution in [0.5, 0.6) is 0 Å². The van der Waals surface area contributed by atoms with Gasteiger partial charge in [-0.05, 0) is 41.3 Å². The molecule has 0 fully saturated rings. The van der Waals surface area contributed by atoms with Gasteiger partial charge in [0.1, 0.15) is 5.76 Å². The molecule has 0 bridgehead atoms. The van der Waals surface area contributed by atoms with E-state index in [-0.39, 0.29) is 22.0 Å². The fraction of sp³-hybridized carbons (Fsp3) is 0.0909. The second-order valence-corrected chi connectivity index (χ2v) is 8.80. The summed E-state index contributed by atoms with van der Waals surface area (Å²) in [7, 11) is -3.88. The Morgan fingerprint density at radius 1 is 1.00 bits per heavy atom. The number of hydrogen-bond donors (Lipinski definition) is 2. The fourth-order valence-electron chi connectivity index (χ4n) is 3.21. The van der Waals surface area contributed by atoms with Crippen molar-refractivity contribution in [3.05, 3.63) is 102 Å².